The van der Waals surface area contributed by atoms with Crippen molar-refractivity contribution >= 4 is 28.5 Å². The number of amides is 2. The molecule has 1 heterocycles. The summed E-state index contributed by atoms with van der Waals surface area (Å²) in [6.07, 6.45) is 0. The standard InChI is InChI=1S/C30H26FN5O3/c1-39-23-13-9-12-22(18-23)36(28(37)20-35-27-17-8-7-16-26(27)33-34-35)29(24-14-5-6-15-25(24)31)30(38)32-19-21-10-3-2-4-11-21/h2-18,29H,19-20H2,1H3,(H,32,38)/t29-/m0/s1. The third-order valence-electron chi connectivity index (χ3n) is 6.32. The lowest BCUT2D eigenvalue weighted by Crippen LogP contribution is -2.45. The first-order chi connectivity index (χ1) is 19.0. The molecule has 0 radical (unpaired) electrons. The fourth-order valence-corrected chi connectivity index (χ4v) is 4.41. The number of hydrogen-bond acceptors (Lipinski definition) is 5. The highest BCUT2D eigenvalue weighted by molar-refractivity contribution is 6.01. The van der Waals surface area contributed by atoms with Crippen molar-refractivity contribution in [3.05, 3.63) is 120 Å². The number of ether oxygens (including phenoxy) is 1. The Morgan fingerprint density at radius 3 is 2.49 bits per heavy atom. The van der Waals surface area contributed by atoms with Crippen LogP contribution in [0.3, 0.4) is 0 Å². The van der Waals surface area contributed by atoms with E-state index >= 15 is 4.39 Å². The van der Waals surface area contributed by atoms with Gasteiger partial charge in [-0.2, -0.15) is 0 Å². The molecule has 0 saturated heterocycles. The van der Waals surface area contributed by atoms with E-state index in [1.54, 1.807) is 42.5 Å². The van der Waals surface area contributed by atoms with E-state index in [1.165, 1.54) is 34.9 Å². The van der Waals surface area contributed by atoms with Crippen LogP contribution in [0.5, 0.6) is 5.75 Å². The highest BCUT2D eigenvalue weighted by Gasteiger charge is 2.35. The number of rotatable bonds is 9. The molecule has 5 rings (SSSR count). The van der Waals surface area contributed by atoms with E-state index < -0.39 is 23.7 Å². The Balaban J connectivity index is 1.58. The van der Waals surface area contributed by atoms with E-state index in [1.807, 2.05) is 42.5 Å². The Labute approximate surface area is 224 Å². The lowest BCUT2D eigenvalue weighted by atomic mass is 10.0. The SMILES string of the molecule is COc1cccc(N(C(=O)Cn2nnc3ccccc32)[C@H](C(=O)NCc2ccccc2)c2ccccc2F)c1. The summed E-state index contributed by atoms with van der Waals surface area (Å²) < 4.78 is 22.1. The van der Waals surface area contributed by atoms with Gasteiger partial charge in [0.05, 0.1) is 12.6 Å². The molecule has 0 aliphatic heterocycles. The number of anilines is 1. The molecule has 0 bridgehead atoms. The first-order valence-electron chi connectivity index (χ1n) is 12.4. The van der Waals surface area contributed by atoms with E-state index in [9.17, 15) is 9.59 Å². The van der Waals surface area contributed by atoms with E-state index in [-0.39, 0.29) is 18.7 Å². The lowest BCUT2D eigenvalue weighted by molar-refractivity contribution is -0.127. The molecule has 0 fully saturated rings. The van der Waals surface area contributed by atoms with Crippen LogP contribution in [-0.2, 0) is 22.7 Å². The normalized spacial score (nSPS) is 11.6. The van der Waals surface area contributed by atoms with Crippen molar-refractivity contribution in [2.75, 3.05) is 12.0 Å². The zero-order chi connectivity index (χ0) is 27.2. The highest BCUT2D eigenvalue weighted by atomic mass is 19.1. The molecule has 0 aliphatic carbocycles. The maximum atomic E-state index is 15.3. The zero-order valence-electron chi connectivity index (χ0n) is 21.2. The molecule has 1 atom stereocenters. The van der Waals surface area contributed by atoms with Gasteiger partial charge in [0.25, 0.3) is 0 Å². The van der Waals surface area contributed by atoms with Gasteiger partial charge in [0.2, 0.25) is 11.8 Å². The molecule has 196 valence electrons. The summed E-state index contributed by atoms with van der Waals surface area (Å²) >= 11 is 0. The van der Waals surface area contributed by atoms with Crippen molar-refractivity contribution in [3.63, 3.8) is 0 Å². The number of para-hydroxylation sites is 1. The summed E-state index contributed by atoms with van der Waals surface area (Å²) in [7, 11) is 1.51. The van der Waals surface area contributed by atoms with Crippen LogP contribution >= 0.6 is 0 Å². The largest absolute Gasteiger partial charge is 0.497 e. The van der Waals surface area contributed by atoms with Crippen LogP contribution < -0.4 is 15.0 Å². The van der Waals surface area contributed by atoms with Gasteiger partial charge in [0, 0.05) is 23.9 Å². The molecule has 0 aliphatic rings. The summed E-state index contributed by atoms with van der Waals surface area (Å²) in [5.74, 6) is -1.15. The van der Waals surface area contributed by atoms with Crippen LogP contribution in [0.1, 0.15) is 17.2 Å². The Bertz CT molecular complexity index is 1600. The lowest BCUT2D eigenvalue weighted by Gasteiger charge is -2.32. The number of fused-ring (bicyclic) bond motifs is 1. The predicted octanol–water partition coefficient (Wildman–Crippen LogP) is 4.67. The molecule has 39 heavy (non-hydrogen) atoms. The van der Waals surface area contributed by atoms with Crippen molar-refractivity contribution in [2.45, 2.75) is 19.1 Å². The molecule has 0 spiro atoms. The average Bonchev–Trinajstić information content (AvgIpc) is 3.38. The van der Waals surface area contributed by atoms with Gasteiger partial charge in [-0.05, 0) is 35.9 Å². The first kappa shape index (κ1) is 25.6. The molecule has 0 saturated carbocycles. The fraction of sp³-hybridized carbons (Fsp3) is 0.133. The van der Waals surface area contributed by atoms with E-state index in [2.05, 4.69) is 15.6 Å². The minimum atomic E-state index is -1.32. The summed E-state index contributed by atoms with van der Waals surface area (Å²) in [5, 5.41) is 11.1. The molecule has 1 aromatic heterocycles. The fourth-order valence-electron chi connectivity index (χ4n) is 4.41. The van der Waals surface area contributed by atoms with Gasteiger partial charge in [-0.25, -0.2) is 9.07 Å². The van der Waals surface area contributed by atoms with E-state index in [0.29, 0.717) is 22.5 Å². The molecular weight excluding hydrogens is 497 g/mol. The molecule has 9 heteroatoms. The van der Waals surface area contributed by atoms with Crippen LogP contribution in [-0.4, -0.2) is 33.9 Å². The Morgan fingerprint density at radius 2 is 1.69 bits per heavy atom. The summed E-state index contributed by atoms with van der Waals surface area (Å²) in [4.78, 5) is 29.2. The topological polar surface area (TPSA) is 89.3 Å². The smallest absolute Gasteiger partial charge is 0.249 e. The van der Waals surface area contributed by atoms with Crippen molar-refractivity contribution in [1.29, 1.82) is 0 Å². The quantitative estimate of drug-likeness (QED) is 0.303. The second-order valence-electron chi connectivity index (χ2n) is 8.83. The molecule has 1 N–H and O–H groups in total. The van der Waals surface area contributed by atoms with Crippen molar-refractivity contribution < 1.29 is 18.7 Å². The Kier molecular flexibility index (Phi) is 7.58. The predicted molar refractivity (Wildman–Crippen MR) is 145 cm³/mol. The van der Waals surface area contributed by atoms with Gasteiger partial charge in [0.1, 0.15) is 29.7 Å². The number of halogens is 1. The third-order valence-corrected chi connectivity index (χ3v) is 6.32. The van der Waals surface area contributed by atoms with Gasteiger partial charge >= 0.3 is 0 Å². The van der Waals surface area contributed by atoms with Crippen LogP contribution in [0.25, 0.3) is 11.0 Å². The van der Waals surface area contributed by atoms with Gasteiger partial charge in [-0.15, -0.1) is 5.10 Å². The molecule has 2 amide bonds. The number of carbonyl (C=O) groups excluding carboxylic acids is 2. The summed E-state index contributed by atoms with van der Waals surface area (Å²) in [6, 6.07) is 28.0. The van der Waals surface area contributed by atoms with Gasteiger partial charge in [-0.1, -0.05) is 71.9 Å². The highest BCUT2D eigenvalue weighted by Crippen LogP contribution is 2.32. The van der Waals surface area contributed by atoms with Crippen molar-refractivity contribution in [2.24, 2.45) is 0 Å². The number of hydrogen-bond donors (Lipinski definition) is 1. The second kappa shape index (κ2) is 11.6. The number of aromatic nitrogens is 3. The van der Waals surface area contributed by atoms with Crippen molar-refractivity contribution in [3.8, 4) is 5.75 Å². The molecule has 5 aromatic rings. The number of benzene rings is 4. The monoisotopic (exact) mass is 523 g/mol. The van der Waals surface area contributed by atoms with Crippen molar-refractivity contribution in [1.82, 2.24) is 20.3 Å². The zero-order valence-corrected chi connectivity index (χ0v) is 21.2. The second-order valence-corrected chi connectivity index (χ2v) is 8.83. The molecule has 4 aromatic carbocycles. The van der Waals surface area contributed by atoms with Crippen LogP contribution in [0, 0.1) is 5.82 Å². The number of carbonyl (C=O) groups is 2. The molecular formula is C30H26FN5O3. The Morgan fingerprint density at radius 1 is 0.949 bits per heavy atom. The van der Waals surface area contributed by atoms with Crippen LogP contribution in [0.2, 0.25) is 0 Å². The maximum Gasteiger partial charge on any atom is 0.249 e. The van der Waals surface area contributed by atoms with Gasteiger partial charge in [0.15, 0.2) is 0 Å². The molecule has 8 nitrogen and oxygen atoms in total. The van der Waals surface area contributed by atoms with Crippen LogP contribution in [0.4, 0.5) is 10.1 Å². The number of methoxy groups -OCH3 is 1. The first-order valence-corrected chi connectivity index (χ1v) is 12.4. The average molecular weight is 524 g/mol. The number of nitrogens with zero attached hydrogens (tertiary/aromatic N) is 4. The number of nitrogens with one attached hydrogen (secondary N) is 1. The summed E-state index contributed by atoms with van der Waals surface area (Å²) in [5.41, 5.74) is 2.58. The third kappa shape index (κ3) is 5.62. The van der Waals surface area contributed by atoms with E-state index in [4.69, 9.17) is 4.74 Å². The van der Waals surface area contributed by atoms with Gasteiger partial charge in [-0.3, -0.25) is 14.5 Å². The van der Waals surface area contributed by atoms with Crippen LogP contribution in [0.15, 0.2) is 103 Å². The minimum absolute atomic E-state index is 0.0580. The molecule has 0 unspecified atom stereocenters. The Hall–Kier alpha value is -5.05. The van der Waals surface area contributed by atoms with E-state index in [0.717, 1.165) is 5.56 Å². The maximum absolute atomic E-state index is 15.3. The summed E-state index contributed by atoms with van der Waals surface area (Å²) in [6.45, 7) is -0.0207. The van der Waals surface area contributed by atoms with Gasteiger partial charge < -0.3 is 10.1 Å². The minimum Gasteiger partial charge on any atom is -0.497 e.